The van der Waals surface area contributed by atoms with Crippen LogP contribution in [0.3, 0.4) is 0 Å². The number of ether oxygens (including phenoxy) is 10. The second-order valence-electron chi connectivity index (χ2n) is 16.3. The van der Waals surface area contributed by atoms with Crippen molar-refractivity contribution in [2.45, 2.75) is 38.3 Å². The molecule has 0 aromatic heterocycles. The van der Waals surface area contributed by atoms with Crippen LogP contribution in [-0.2, 0) is 19.1 Å². The van der Waals surface area contributed by atoms with Crippen LogP contribution in [0.25, 0.3) is 33.9 Å². The molecule has 392 valence electrons. The standard InChI is InChI=1S/C56H42F6O14/c1-3-45(63)69-31-7-5-29-67-39-21-17-35(18-22-39)33-9-13-37(14-10-33)53(65)71-43-27-25-41(49-51(43)75-55(59,60)73-49)47(57)48(58)42-26-28-44(52-50(42)74-56(61,62)76-52)72-54(66)38-15-11-34(12-16-38)36-19-23-40(24-20-36)68-30-6-8-32-70-46(64)4-2/h3-4,9-28H,1-2,5-8,29-32H2/b48-47+. The number of esters is 4. The first-order valence-corrected chi connectivity index (χ1v) is 23.1. The van der Waals surface area contributed by atoms with Crippen molar-refractivity contribution in [3.8, 4) is 68.2 Å². The summed E-state index contributed by atoms with van der Waals surface area (Å²) in [5, 5.41) is 0. The molecule has 0 fully saturated rings. The lowest BCUT2D eigenvalue weighted by atomic mass is 10.0. The summed E-state index contributed by atoms with van der Waals surface area (Å²) < 4.78 is 141. The van der Waals surface area contributed by atoms with Gasteiger partial charge in [-0.15, -0.1) is 17.6 Å². The zero-order valence-corrected chi connectivity index (χ0v) is 39.8. The van der Waals surface area contributed by atoms with Crippen LogP contribution in [0.2, 0.25) is 0 Å². The lowest BCUT2D eigenvalue weighted by Gasteiger charge is -2.12. The van der Waals surface area contributed by atoms with Gasteiger partial charge in [0.2, 0.25) is 11.5 Å². The molecule has 0 radical (unpaired) electrons. The average Bonchev–Trinajstić information content (AvgIpc) is 3.97. The zero-order valence-electron chi connectivity index (χ0n) is 39.8. The second-order valence-corrected chi connectivity index (χ2v) is 16.3. The summed E-state index contributed by atoms with van der Waals surface area (Å²) in [4.78, 5) is 48.8. The number of hydrogen-bond donors (Lipinski definition) is 0. The largest absolute Gasteiger partial charge is 0.586 e. The Bertz CT molecular complexity index is 2960. The van der Waals surface area contributed by atoms with Crippen LogP contribution < -0.4 is 37.9 Å². The molecule has 2 aliphatic rings. The third-order valence-electron chi connectivity index (χ3n) is 11.2. The summed E-state index contributed by atoms with van der Waals surface area (Å²) in [6.07, 6.45) is -4.26. The molecule has 14 nitrogen and oxygen atoms in total. The molecule has 0 saturated heterocycles. The molecule has 0 amide bonds. The molecule has 0 bridgehead atoms. The summed E-state index contributed by atoms with van der Waals surface area (Å²) in [7, 11) is 0. The van der Waals surface area contributed by atoms with E-state index in [9.17, 15) is 36.7 Å². The van der Waals surface area contributed by atoms with Crippen LogP contribution in [0.15, 0.2) is 147 Å². The molecule has 6 aromatic carbocycles. The van der Waals surface area contributed by atoms with E-state index in [0.717, 1.165) is 47.5 Å². The van der Waals surface area contributed by atoms with E-state index in [-0.39, 0.29) is 24.3 Å². The van der Waals surface area contributed by atoms with E-state index >= 15 is 8.78 Å². The minimum atomic E-state index is -4.46. The SMILES string of the molecule is C=CC(=O)OCCCCOc1ccc(-c2ccc(C(=O)Oc3ccc(/C(F)=C(\F)c4ccc(OC(=O)c5ccc(-c6ccc(OCCCCOC(=O)C=C)cc6)cc5)c5c4OC(F)(F)O5)c4c3OC(F)(F)O4)cc2)cc1. The van der Waals surface area contributed by atoms with Gasteiger partial charge in [0, 0.05) is 12.2 Å². The highest BCUT2D eigenvalue weighted by Crippen LogP contribution is 2.55. The number of unbranched alkanes of at least 4 members (excludes halogenated alkanes) is 2. The monoisotopic (exact) mass is 1050 g/mol. The van der Waals surface area contributed by atoms with Gasteiger partial charge in [-0.3, -0.25) is 0 Å². The number of carbonyl (C=O) groups excluding carboxylic acids is 4. The predicted molar refractivity (Wildman–Crippen MR) is 260 cm³/mol. The first-order valence-electron chi connectivity index (χ1n) is 23.1. The fourth-order valence-electron chi connectivity index (χ4n) is 7.40. The zero-order chi connectivity index (χ0) is 54.0. The van der Waals surface area contributed by atoms with E-state index in [1.807, 2.05) is 0 Å². The molecule has 0 atom stereocenters. The molecule has 0 unspecified atom stereocenters. The second kappa shape index (κ2) is 23.3. The van der Waals surface area contributed by atoms with E-state index in [2.05, 4.69) is 32.1 Å². The van der Waals surface area contributed by atoms with Gasteiger partial charge in [-0.05, 0) is 121 Å². The van der Waals surface area contributed by atoms with E-state index in [0.29, 0.717) is 61.5 Å². The summed E-state index contributed by atoms with van der Waals surface area (Å²) in [5.74, 6) is -11.3. The van der Waals surface area contributed by atoms with Gasteiger partial charge in [-0.2, -0.15) is 0 Å². The van der Waals surface area contributed by atoms with Gasteiger partial charge in [0.1, 0.15) is 11.5 Å². The lowest BCUT2D eigenvalue weighted by Crippen LogP contribution is -2.26. The molecule has 6 aromatic rings. The van der Waals surface area contributed by atoms with E-state index < -0.39 is 93.7 Å². The highest BCUT2D eigenvalue weighted by atomic mass is 19.3. The Labute approximate surface area is 429 Å². The Hall–Kier alpha value is -9.20. The van der Waals surface area contributed by atoms with Gasteiger partial charge >= 0.3 is 36.5 Å². The lowest BCUT2D eigenvalue weighted by molar-refractivity contribution is -0.287. The number of hydrogen-bond acceptors (Lipinski definition) is 14. The fourth-order valence-corrected chi connectivity index (χ4v) is 7.40. The maximum atomic E-state index is 16.2. The van der Waals surface area contributed by atoms with Gasteiger partial charge < -0.3 is 47.4 Å². The Morgan fingerprint density at radius 2 is 0.750 bits per heavy atom. The van der Waals surface area contributed by atoms with Crippen LogP contribution in [-0.4, -0.2) is 62.9 Å². The molecule has 8 rings (SSSR count). The Morgan fingerprint density at radius 3 is 1.09 bits per heavy atom. The number of benzene rings is 6. The molecule has 0 saturated carbocycles. The summed E-state index contributed by atoms with van der Waals surface area (Å²) in [6.45, 7) is 7.93. The van der Waals surface area contributed by atoms with Crippen molar-refractivity contribution in [2.75, 3.05) is 26.4 Å². The van der Waals surface area contributed by atoms with Crippen LogP contribution in [0.1, 0.15) is 57.5 Å². The summed E-state index contributed by atoms with van der Waals surface area (Å²) in [6, 6.07) is 29.2. The predicted octanol–water partition coefficient (Wildman–Crippen LogP) is 12.6. The quantitative estimate of drug-likeness (QED) is 0.0158. The van der Waals surface area contributed by atoms with Crippen molar-refractivity contribution in [1.29, 1.82) is 0 Å². The van der Waals surface area contributed by atoms with Crippen LogP contribution in [0, 0.1) is 0 Å². The minimum absolute atomic E-state index is 0.0378. The molecule has 0 N–H and O–H groups in total. The number of carbonyl (C=O) groups is 4. The number of alkyl halides is 4. The highest BCUT2D eigenvalue weighted by Gasteiger charge is 2.49. The van der Waals surface area contributed by atoms with Gasteiger partial charge in [-0.1, -0.05) is 61.7 Å². The first-order chi connectivity index (χ1) is 36.5. The van der Waals surface area contributed by atoms with Crippen LogP contribution in [0.5, 0.6) is 46.0 Å². The Morgan fingerprint density at radius 1 is 0.434 bits per heavy atom. The molecule has 76 heavy (non-hydrogen) atoms. The minimum Gasteiger partial charge on any atom is -0.494 e. The third-order valence-corrected chi connectivity index (χ3v) is 11.2. The molecule has 2 aliphatic heterocycles. The third kappa shape index (κ3) is 12.9. The van der Waals surface area contributed by atoms with Gasteiger partial charge in [0.05, 0.1) is 48.7 Å². The van der Waals surface area contributed by atoms with Gasteiger partial charge in [0.25, 0.3) is 0 Å². The maximum absolute atomic E-state index is 16.2. The Balaban J connectivity index is 0.917. The van der Waals surface area contributed by atoms with Crippen molar-refractivity contribution in [2.24, 2.45) is 0 Å². The van der Waals surface area contributed by atoms with Crippen molar-refractivity contribution in [3.05, 3.63) is 169 Å². The number of rotatable bonds is 22. The highest BCUT2D eigenvalue weighted by molar-refractivity contribution is 5.95. The van der Waals surface area contributed by atoms with E-state index in [1.54, 1.807) is 72.8 Å². The van der Waals surface area contributed by atoms with Crippen molar-refractivity contribution in [1.82, 2.24) is 0 Å². The summed E-state index contributed by atoms with van der Waals surface area (Å²) >= 11 is 0. The smallest absolute Gasteiger partial charge is 0.494 e. The van der Waals surface area contributed by atoms with Crippen LogP contribution >= 0.6 is 0 Å². The van der Waals surface area contributed by atoms with Crippen LogP contribution in [0.4, 0.5) is 26.3 Å². The molecule has 20 heteroatoms. The summed E-state index contributed by atoms with van der Waals surface area (Å²) in [5.41, 5.74) is 0.801. The topological polar surface area (TPSA) is 161 Å². The molecular weight excluding hydrogens is 1010 g/mol. The Kier molecular flexibility index (Phi) is 16.3. The van der Waals surface area contributed by atoms with Gasteiger partial charge in [-0.25, -0.2) is 28.0 Å². The molecule has 2 heterocycles. The average molecular weight is 1050 g/mol. The molecule has 0 aliphatic carbocycles. The normalized spacial score (nSPS) is 13.7. The fraction of sp³-hybridized carbons (Fsp3) is 0.179. The number of fused-ring (bicyclic) bond motifs is 2. The van der Waals surface area contributed by atoms with Crippen molar-refractivity contribution >= 4 is 35.5 Å². The van der Waals surface area contributed by atoms with Crippen molar-refractivity contribution in [3.63, 3.8) is 0 Å². The van der Waals surface area contributed by atoms with E-state index in [1.165, 1.54) is 24.3 Å². The molecule has 0 spiro atoms. The van der Waals surface area contributed by atoms with E-state index in [4.69, 9.17) is 28.4 Å². The van der Waals surface area contributed by atoms with Crippen molar-refractivity contribution < 1.29 is 92.9 Å². The maximum Gasteiger partial charge on any atom is 0.586 e. The number of halogens is 6. The molecular formula is C56H42F6O14. The van der Waals surface area contributed by atoms with Gasteiger partial charge in [0.15, 0.2) is 34.7 Å². The first kappa shape index (κ1) is 53.1.